The fraction of sp³-hybridized carbons (Fsp3) is 0.800. The van der Waals surface area contributed by atoms with Gasteiger partial charge in [0.25, 0.3) is 0 Å². The molecule has 0 spiro atoms. The molecule has 0 aromatic carbocycles. The number of hydrogen-bond donors (Lipinski definition) is 0. The van der Waals surface area contributed by atoms with Gasteiger partial charge in [0.1, 0.15) is 5.70 Å². The third-order valence-corrected chi connectivity index (χ3v) is 2.70. The quantitative estimate of drug-likeness (QED) is 0.551. The Hall–Kier alpha value is -0.300. The second kappa shape index (κ2) is 3.40. The van der Waals surface area contributed by atoms with Gasteiger partial charge in [0.2, 0.25) is 0 Å². The summed E-state index contributed by atoms with van der Waals surface area (Å²) in [4.78, 5) is 0. The molecule has 1 heteroatoms. The number of rotatable bonds is 3. The number of hydrogen-bond acceptors (Lipinski definition) is 0. The lowest BCUT2D eigenvalue weighted by atomic mass is 10.1. The van der Waals surface area contributed by atoms with Crippen molar-refractivity contribution in [2.24, 2.45) is 5.92 Å². The Morgan fingerprint density at radius 1 is 1.09 bits per heavy atom. The van der Waals surface area contributed by atoms with Gasteiger partial charge in [-0.05, 0) is 20.4 Å². The van der Waals surface area contributed by atoms with E-state index in [1.807, 2.05) is 0 Å². The Bertz CT molecular complexity index is 143. The SMILES string of the molecule is C=C(C(C)C)[N+](C)(C)C(C)C. The summed E-state index contributed by atoms with van der Waals surface area (Å²) in [6.45, 7) is 13.0. The van der Waals surface area contributed by atoms with E-state index >= 15 is 0 Å². The average molecular weight is 156 g/mol. The van der Waals surface area contributed by atoms with Crippen molar-refractivity contribution in [3.05, 3.63) is 12.3 Å². The second-order valence-electron chi connectivity index (χ2n) is 4.28. The highest BCUT2D eigenvalue weighted by molar-refractivity contribution is 4.87. The van der Waals surface area contributed by atoms with Gasteiger partial charge in [-0.1, -0.05) is 13.8 Å². The normalized spacial score (nSPS) is 12.7. The summed E-state index contributed by atoms with van der Waals surface area (Å²) in [5.41, 5.74) is 1.31. The van der Waals surface area contributed by atoms with E-state index in [9.17, 15) is 0 Å². The fourth-order valence-electron chi connectivity index (χ4n) is 0.997. The van der Waals surface area contributed by atoms with Gasteiger partial charge in [-0.3, -0.25) is 4.48 Å². The fourth-order valence-corrected chi connectivity index (χ4v) is 0.997. The molecule has 0 aromatic heterocycles. The largest absolute Gasteiger partial charge is 0.298 e. The van der Waals surface area contributed by atoms with Gasteiger partial charge >= 0.3 is 0 Å². The zero-order chi connectivity index (χ0) is 9.23. The van der Waals surface area contributed by atoms with Gasteiger partial charge in [-0.25, -0.2) is 0 Å². The lowest BCUT2D eigenvalue weighted by molar-refractivity contribution is -0.877. The minimum Gasteiger partial charge on any atom is -0.298 e. The molecule has 0 amide bonds. The lowest BCUT2D eigenvalue weighted by Gasteiger charge is -2.36. The molecule has 1 nitrogen and oxygen atoms in total. The van der Waals surface area contributed by atoms with Crippen molar-refractivity contribution in [3.8, 4) is 0 Å². The Balaban J connectivity index is 4.43. The first-order valence-electron chi connectivity index (χ1n) is 4.33. The summed E-state index contributed by atoms with van der Waals surface area (Å²) in [6, 6.07) is 0.616. The van der Waals surface area contributed by atoms with Gasteiger partial charge in [0.05, 0.1) is 20.1 Å². The first-order valence-corrected chi connectivity index (χ1v) is 4.33. The molecule has 0 N–H and O–H groups in total. The molecule has 0 atom stereocenters. The van der Waals surface area contributed by atoms with Crippen LogP contribution in [0.2, 0.25) is 0 Å². The van der Waals surface area contributed by atoms with Gasteiger partial charge in [0, 0.05) is 5.92 Å². The van der Waals surface area contributed by atoms with E-state index in [2.05, 4.69) is 48.4 Å². The van der Waals surface area contributed by atoms with Crippen molar-refractivity contribution in [2.45, 2.75) is 33.7 Å². The Morgan fingerprint density at radius 2 is 1.45 bits per heavy atom. The predicted octanol–water partition coefficient (Wildman–Crippen LogP) is 2.64. The number of quaternary nitrogens is 1. The van der Waals surface area contributed by atoms with E-state index in [4.69, 9.17) is 0 Å². The zero-order valence-corrected chi connectivity index (χ0v) is 8.81. The summed E-state index contributed by atoms with van der Waals surface area (Å²) in [6.07, 6.45) is 0. The third kappa shape index (κ3) is 2.33. The van der Waals surface area contributed by atoms with E-state index in [-0.39, 0.29) is 0 Å². The molecule has 0 saturated heterocycles. The minimum atomic E-state index is 0.576. The molecular weight excluding hydrogens is 134 g/mol. The molecule has 0 radical (unpaired) electrons. The first-order chi connectivity index (χ1) is 4.80. The van der Waals surface area contributed by atoms with Crippen LogP contribution in [0.15, 0.2) is 12.3 Å². The van der Waals surface area contributed by atoms with Crippen molar-refractivity contribution in [1.29, 1.82) is 0 Å². The second-order valence-corrected chi connectivity index (χ2v) is 4.28. The van der Waals surface area contributed by atoms with Gasteiger partial charge in [-0.15, -0.1) is 0 Å². The summed E-state index contributed by atoms with van der Waals surface area (Å²) in [5.74, 6) is 0.576. The van der Waals surface area contributed by atoms with Crippen LogP contribution in [-0.2, 0) is 0 Å². The highest BCUT2D eigenvalue weighted by Crippen LogP contribution is 2.21. The average Bonchev–Trinajstić information content (AvgIpc) is 1.85. The highest BCUT2D eigenvalue weighted by atomic mass is 15.3. The van der Waals surface area contributed by atoms with Crippen LogP contribution in [0.25, 0.3) is 0 Å². The van der Waals surface area contributed by atoms with Crippen molar-refractivity contribution >= 4 is 0 Å². The molecule has 0 rings (SSSR count). The molecule has 0 aliphatic carbocycles. The highest BCUT2D eigenvalue weighted by Gasteiger charge is 2.25. The van der Waals surface area contributed by atoms with Crippen molar-refractivity contribution in [2.75, 3.05) is 14.1 Å². The van der Waals surface area contributed by atoms with Crippen LogP contribution >= 0.6 is 0 Å². The smallest absolute Gasteiger partial charge is 0.104 e. The molecular formula is C10H22N+. The monoisotopic (exact) mass is 156 g/mol. The standard InChI is InChI=1S/C10H22N/c1-8(2)10(5)11(6,7)9(3)4/h8-9H,5H2,1-4,6-7H3/q+1. The van der Waals surface area contributed by atoms with Crippen LogP contribution < -0.4 is 0 Å². The maximum absolute atomic E-state index is 4.12. The molecule has 0 aliphatic heterocycles. The summed E-state index contributed by atoms with van der Waals surface area (Å²) in [7, 11) is 4.43. The topological polar surface area (TPSA) is 0 Å². The maximum Gasteiger partial charge on any atom is 0.104 e. The van der Waals surface area contributed by atoms with Crippen LogP contribution in [-0.4, -0.2) is 24.6 Å². The van der Waals surface area contributed by atoms with Crippen LogP contribution in [0.3, 0.4) is 0 Å². The van der Waals surface area contributed by atoms with Crippen LogP contribution in [0.1, 0.15) is 27.7 Å². The van der Waals surface area contributed by atoms with Gasteiger partial charge < -0.3 is 0 Å². The Labute approximate surface area is 71.3 Å². The van der Waals surface area contributed by atoms with Gasteiger partial charge in [0.15, 0.2) is 0 Å². The lowest BCUT2D eigenvalue weighted by Crippen LogP contribution is -2.45. The summed E-state index contributed by atoms with van der Waals surface area (Å²) >= 11 is 0. The summed E-state index contributed by atoms with van der Waals surface area (Å²) < 4.78 is 0.928. The molecule has 0 aliphatic rings. The van der Waals surface area contributed by atoms with Gasteiger partial charge in [-0.2, -0.15) is 0 Å². The minimum absolute atomic E-state index is 0.576. The molecule has 0 bridgehead atoms. The van der Waals surface area contributed by atoms with E-state index in [0.717, 1.165) is 4.48 Å². The Morgan fingerprint density at radius 3 is 1.55 bits per heavy atom. The first kappa shape index (κ1) is 10.7. The maximum atomic E-state index is 4.12. The molecule has 0 fully saturated rings. The van der Waals surface area contributed by atoms with E-state index in [0.29, 0.717) is 12.0 Å². The molecule has 0 aromatic rings. The van der Waals surface area contributed by atoms with E-state index < -0.39 is 0 Å². The molecule has 0 unspecified atom stereocenters. The van der Waals surface area contributed by atoms with E-state index in [1.54, 1.807) is 0 Å². The van der Waals surface area contributed by atoms with Crippen LogP contribution in [0.5, 0.6) is 0 Å². The summed E-state index contributed by atoms with van der Waals surface area (Å²) in [5, 5.41) is 0. The molecule has 0 saturated carbocycles. The van der Waals surface area contributed by atoms with E-state index in [1.165, 1.54) is 5.70 Å². The van der Waals surface area contributed by atoms with Crippen molar-refractivity contribution in [1.82, 2.24) is 0 Å². The molecule has 11 heavy (non-hydrogen) atoms. The number of allylic oxidation sites excluding steroid dienone is 1. The predicted molar refractivity (Wildman–Crippen MR) is 51.2 cm³/mol. The third-order valence-electron chi connectivity index (χ3n) is 2.70. The van der Waals surface area contributed by atoms with Crippen LogP contribution in [0.4, 0.5) is 0 Å². The Kier molecular flexibility index (Phi) is 3.30. The molecule has 66 valence electrons. The number of nitrogens with zero attached hydrogens (tertiary/aromatic N) is 1. The van der Waals surface area contributed by atoms with Crippen molar-refractivity contribution in [3.63, 3.8) is 0 Å². The van der Waals surface area contributed by atoms with Crippen molar-refractivity contribution < 1.29 is 4.48 Å². The zero-order valence-electron chi connectivity index (χ0n) is 8.81. The van der Waals surface area contributed by atoms with Crippen LogP contribution in [0, 0.1) is 5.92 Å². The molecule has 0 heterocycles.